The van der Waals surface area contributed by atoms with E-state index in [4.69, 9.17) is 0 Å². The Morgan fingerprint density at radius 3 is 1.94 bits per heavy atom. The first-order valence-corrected chi connectivity index (χ1v) is 10.5. The Bertz CT molecular complexity index is 1120. The van der Waals surface area contributed by atoms with Crippen LogP contribution in [0, 0.1) is 0 Å². The normalized spacial score (nSPS) is 16.3. The molecule has 1 amide bonds. The Hall–Kier alpha value is -3.21. The van der Waals surface area contributed by atoms with Gasteiger partial charge in [-0.15, -0.1) is 37.7 Å². The van der Waals surface area contributed by atoms with E-state index in [1.165, 1.54) is 47.7 Å². The number of rotatable bonds is 4. The summed E-state index contributed by atoms with van der Waals surface area (Å²) in [6, 6.07) is 11.1. The first kappa shape index (κ1) is 23.0. The van der Waals surface area contributed by atoms with Gasteiger partial charge in [0, 0.05) is 17.0 Å². The summed E-state index contributed by atoms with van der Waals surface area (Å²) in [5.74, 6) is -1.26. The second kappa shape index (κ2) is 8.62. The Morgan fingerprint density at radius 1 is 0.848 bits per heavy atom. The van der Waals surface area contributed by atoms with Crippen molar-refractivity contribution in [1.29, 1.82) is 0 Å². The third-order valence-corrected chi connectivity index (χ3v) is 5.99. The summed E-state index contributed by atoms with van der Waals surface area (Å²) in [7, 11) is 0. The van der Waals surface area contributed by atoms with Crippen molar-refractivity contribution in [2.45, 2.75) is 25.2 Å². The maximum atomic E-state index is 13.3. The lowest BCUT2D eigenvalue weighted by molar-refractivity contribution is -0.275. The van der Waals surface area contributed by atoms with Crippen LogP contribution in [0.3, 0.4) is 0 Å². The molecule has 4 rings (SSSR count). The van der Waals surface area contributed by atoms with Crippen molar-refractivity contribution in [1.82, 2.24) is 4.90 Å². The van der Waals surface area contributed by atoms with Gasteiger partial charge < -0.3 is 14.4 Å². The minimum Gasteiger partial charge on any atom is -0.406 e. The zero-order valence-corrected chi connectivity index (χ0v) is 17.4. The molecule has 2 heterocycles. The SMILES string of the molecule is O=C(c1ccc(OC(F)(F)F)cc1)N1CCc2sccc2[C@H]1c1ccc(OC(F)(F)F)cc1. The van der Waals surface area contributed by atoms with E-state index in [1.54, 1.807) is 4.90 Å². The molecule has 0 fully saturated rings. The molecular formula is C22H15F6NO3S. The number of thiophene rings is 1. The van der Waals surface area contributed by atoms with Crippen LogP contribution >= 0.6 is 11.3 Å². The van der Waals surface area contributed by atoms with Gasteiger partial charge in [0.15, 0.2) is 0 Å². The third kappa shape index (κ3) is 5.41. The first-order chi connectivity index (χ1) is 15.5. The lowest BCUT2D eigenvalue weighted by atomic mass is 9.92. The van der Waals surface area contributed by atoms with Crippen molar-refractivity contribution in [3.63, 3.8) is 0 Å². The van der Waals surface area contributed by atoms with Crippen molar-refractivity contribution >= 4 is 17.2 Å². The van der Waals surface area contributed by atoms with E-state index < -0.39 is 30.4 Å². The van der Waals surface area contributed by atoms with E-state index in [2.05, 4.69) is 9.47 Å². The van der Waals surface area contributed by atoms with Crippen LogP contribution in [0.15, 0.2) is 60.0 Å². The highest BCUT2D eigenvalue weighted by atomic mass is 32.1. The second-order valence-corrected chi connectivity index (χ2v) is 8.14. The molecule has 0 aliphatic carbocycles. The Labute approximate surface area is 188 Å². The zero-order valence-electron chi connectivity index (χ0n) is 16.6. The Morgan fingerprint density at radius 2 is 1.39 bits per heavy atom. The molecule has 0 unspecified atom stereocenters. The van der Waals surface area contributed by atoms with Crippen molar-refractivity contribution < 1.29 is 40.6 Å². The van der Waals surface area contributed by atoms with Gasteiger partial charge in [0.25, 0.3) is 5.91 Å². The topological polar surface area (TPSA) is 38.8 Å². The summed E-state index contributed by atoms with van der Waals surface area (Å²) >= 11 is 1.52. The van der Waals surface area contributed by atoms with Crippen LogP contribution < -0.4 is 9.47 Å². The molecule has 0 spiro atoms. The molecule has 1 atom stereocenters. The number of hydrogen-bond acceptors (Lipinski definition) is 4. The molecular weight excluding hydrogens is 472 g/mol. The molecule has 33 heavy (non-hydrogen) atoms. The molecule has 0 bridgehead atoms. The van der Waals surface area contributed by atoms with Gasteiger partial charge in [-0.25, -0.2) is 0 Å². The smallest absolute Gasteiger partial charge is 0.406 e. The number of halogens is 6. The highest BCUT2D eigenvalue weighted by Crippen LogP contribution is 2.39. The number of benzene rings is 2. The van der Waals surface area contributed by atoms with Crippen LogP contribution in [0.25, 0.3) is 0 Å². The molecule has 3 aromatic rings. The third-order valence-electron chi connectivity index (χ3n) is 4.99. The second-order valence-electron chi connectivity index (χ2n) is 7.14. The maximum absolute atomic E-state index is 13.3. The number of amides is 1. The van der Waals surface area contributed by atoms with Crippen LogP contribution in [0.2, 0.25) is 0 Å². The first-order valence-electron chi connectivity index (χ1n) is 9.59. The summed E-state index contributed by atoms with van der Waals surface area (Å²) in [6.45, 7) is 0.332. The van der Waals surface area contributed by atoms with Gasteiger partial charge in [0.1, 0.15) is 11.5 Å². The van der Waals surface area contributed by atoms with Gasteiger partial charge in [-0.1, -0.05) is 12.1 Å². The van der Waals surface area contributed by atoms with E-state index in [-0.39, 0.29) is 11.3 Å². The summed E-state index contributed by atoms with van der Waals surface area (Å²) in [4.78, 5) is 15.9. The predicted octanol–water partition coefficient (Wildman–Crippen LogP) is 6.33. The molecule has 174 valence electrons. The lowest BCUT2D eigenvalue weighted by Gasteiger charge is -2.36. The molecule has 1 aliphatic rings. The van der Waals surface area contributed by atoms with Crippen molar-refractivity contribution in [3.05, 3.63) is 81.5 Å². The lowest BCUT2D eigenvalue weighted by Crippen LogP contribution is -2.40. The molecule has 0 saturated carbocycles. The van der Waals surface area contributed by atoms with Crippen LogP contribution in [0.1, 0.15) is 32.4 Å². The van der Waals surface area contributed by atoms with E-state index in [9.17, 15) is 31.1 Å². The molecule has 2 aromatic carbocycles. The minimum atomic E-state index is -4.85. The number of nitrogens with zero attached hydrogens (tertiary/aromatic N) is 1. The average Bonchev–Trinajstić information content (AvgIpc) is 3.20. The quantitative estimate of drug-likeness (QED) is 0.404. The van der Waals surface area contributed by atoms with E-state index in [1.807, 2.05) is 11.4 Å². The fourth-order valence-corrected chi connectivity index (χ4v) is 4.62. The van der Waals surface area contributed by atoms with Crippen molar-refractivity contribution in [3.8, 4) is 11.5 Å². The Balaban J connectivity index is 1.62. The Kier molecular flexibility index (Phi) is 6.00. The number of carbonyl (C=O) groups is 1. The van der Waals surface area contributed by atoms with Gasteiger partial charge in [-0.05, 0) is 65.4 Å². The molecule has 4 nitrogen and oxygen atoms in total. The fraction of sp³-hybridized carbons (Fsp3) is 0.227. The van der Waals surface area contributed by atoms with E-state index in [0.717, 1.165) is 22.6 Å². The average molecular weight is 487 g/mol. The number of carbonyl (C=O) groups excluding carboxylic acids is 1. The maximum Gasteiger partial charge on any atom is 0.573 e. The van der Waals surface area contributed by atoms with Crippen molar-refractivity contribution in [2.75, 3.05) is 6.54 Å². The van der Waals surface area contributed by atoms with Crippen LogP contribution in [-0.4, -0.2) is 30.1 Å². The number of hydrogen-bond donors (Lipinski definition) is 0. The van der Waals surface area contributed by atoms with Gasteiger partial charge in [-0.3, -0.25) is 4.79 Å². The van der Waals surface area contributed by atoms with Gasteiger partial charge >= 0.3 is 12.7 Å². The molecule has 0 saturated heterocycles. The fourth-order valence-electron chi connectivity index (χ4n) is 3.71. The molecule has 0 radical (unpaired) electrons. The zero-order chi connectivity index (χ0) is 23.8. The number of ether oxygens (including phenoxy) is 2. The van der Waals surface area contributed by atoms with E-state index in [0.29, 0.717) is 18.5 Å². The van der Waals surface area contributed by atoms with Gasteiger partial charge in [-0.2, -0.15) is 0 Å². The summed E-state index contributed by atoms with van der Waals surface area (Å²) in [5, 5.41) is 1.87. The largest absolute Gasteiger partial charge is 0.573 e. The van der Waals surface area contributed by atoms with Crippen LogP contribution in [0.4, 0.5) is 26.3 Å². The predicted molar refractivity (Wildman–Crippen MR) is 107 cm³/mol. The molecule has 1 aliphatic heterocycles. The molecule has 11 heteroatoms. The molecule has 1 aromatic heterocycles. The minimum absolute atomic E-state index is 0.158. The summed E-state index contributed by atoms with van der Waals surface area (Å²) in [5.41, 5.74) is 1.58. The number of alkyl halides is 6. The monoisotopic (exact) mass is 487 g/mol. The standard InChI is InChI=1S/C22H15F6NO3S/c23-21(24,25)31-15-5-1-13(2-6-15)19-17-10-12-33-18(17)9-11-29(19)20(30)14-3-7-16(8-4-14)32-22(26,27)28/h1-8,10,12,19H,9,11H2/t19-/m1/s1. The van der Waals surface area contributed by atoms with Gasteiger partial charge in [0.2, 0.25) is 0 Å². The highest BCUT2D eigenvalue weighted by Gasteiger charge is 2.35. The van der Waals surface area contributed by atoms with Crippen LogP contribution in [0.5, 0.6) is 11.5 Å². The summed E-state index contributed by atoms with van der Waals surface area (Å²) < 4.78 is 82.4. The van der Waals surface area contributed by atoms with E-state index >= 15 is 0 Å². The van der Waals surface area contributed by atoms with Gasteiger partial charge in [0.05, 0.1) is 6.04 Å². The molecule has 0 N–H and O–H groups in total. The van der Waals surface area contributed by atoms with Crippen LogP contribution in [-0.2, 0) is 6.42 Å². The number of fused-ring (bicyclic) bond motifs is 1. The van der Waals surface area contributed by atoms with Crippen molar-refractivity contribution in [2.24, 2.45) is 0 Å². The summed E-state index contributed by atoms with van der Waals surface area (Å²) in [6.07, 6.45) is -9.09. The highest BCUT2D eigenvalue weighted by molar-refractivity contribution is 7.10.